The standard InChI is InChI=1S/C17H13ClN2/c18-17-19-11-10-16(12-20-17)15-8-6-14(7-9-15)13-4-2-1-3-5-13/h1-6,8,11-12H,7,9H2. The summed E-state index contributed by atoms with van der Waals surface area (Å²) in [5, 5.41) is 0.240. The molecule has 0 aromatic heterocycles. The molecule has 0 bridgehead atoms. The number of allylic oxidation sites excluding steroid dienone is 5. The van der Waals surface area contributed by atoms with Crippen LogP contribution in [0.4, 0.5) is 0 Å². The van der Waals surface area contributed by atoms with Gasteiger partial charge < -0.3 is 0 Å². The molecule has 0 amide bonds. The van der Waals surface area contributed by atoms with Gasteiger partial charge in [0, 0.05) is 11.8 Å². The Labute approximate surface area is 123 Å². The molecule has 0 saturated carbocycles. The van der Waals surface area contributed by atoms with Crippen LogP contribution in [-0.4, -0.2) is 11.5 Å². The number of halogens is 1. The fourth-order valence-corrected chi connectivity index (χ4v) is 2.37. The van der Waals surface area contributed by atoms with E-state index in [1.807, 2.05) is 6.07 Å². The molecule has 1 aliphatic heterocycles. The topological polar surface area (TPSA) is 24.7 Å². The Morgan fingerprint density at radius 2 is 1.75 bits per heavy atom. The Morgan fingerprint density at radius 1 is 1.00 bits per heavy atom. The molecule has 20 heavy (non-hydrogen) atoms. The molecule has 1 aromatic rings. The first-order valence-electron chi connectivity index (χ1n) is 6.51. The molecule has 0 radical (unpaired) electrons. The highest BCUT2D eigenvalue weighted by atomic mass is 35.5. The molecule has 1 aliphatic carbocycles. The second-order valence-electron chi connectivity index (χ2n) is 4.59. The number of hydrogen-bond donors (Lipinski definition) is 0. The van der Waals surface area contributed by atoms with Crippen molar-refractivity contribution in [3.63, 3.8) is 0 Å². The Bertz CT molecular complexity index is 700. The summed E-state index contributed by atoms with van der Waals surface area (Å²) in [6, 6.07) is 10.5. The third-order valence-electron chi connectivity index (χ3n) is 3.33. The van der Waals surface area contributed by atoms with E-state index >= 15 is 0 Å². The molecule has 0 unspecified atom stereocenters. The highest BCUT2D eigenvalue weighted by Gasteiger charge is 2.11. The van der Waals surface area contributed by atoms with Crippen LogP contribution in [0.3, 0.4) is 0 Å². The molecule has 0 saturated heterocycles. The smallest absolute Gasteiger partial charge is 0.222 e. The number of aliphatic imine (C=N–C) groups is 2. The Hall–Kier alpha value is -2.15. The Morgan fingerprint density at radius 3 is 2.50 bits per heavy atom. The van der Waals surface area contributed by atoms with Gasteiger partial charge in [-0.25, -0.2) is 9.98 Å². The van der Waals surface area contributed by atoms with Crippen LogP contribution in [0.2, 0.25) is 0 Å². The summed E-state index contributed by atoms with van der Waals surface area (Å²) in [4.78, 5) is 7.97. The molecule has 0 fully saturated rings. The summed E-state index contributed by atoms with van der Waals surface area (Å²) in [6.07, 6.45) is 9.59. The van der Waals surface area contributed by atoms with Crippen molar-refractivity contribution < 1.29 is 0 Å². The summed E-state index contributed by atoms with van der Waals surface area (Å²) in [7, 11) is 0. The molecule has 2 nitrogen and oxygen atoms in total. The maximum atomic E-state index is 5.76. The molecule has 1 aromatic carbocycles. The fourth-order valence-electron chi connectivity index (χ4n) is 2.27. The average Bonchev–Trinajstić information content (AvgIpc) is 2.73. The first-order chi connectivity index (χ1) is 9.83. The van der Waals surface area contributed by atoms with E-state index in [0.29, 0.717) is 0 Å². The van der Waals surface area contributed by atoms with Gasteiger partial charge in [-0.15, -0.1) is 0 Å². The number of rotatable bonds is 2. The van der Waals surface area contributed by atoms with Crippen LogP contribution in [0.5, 0.6) is 0 Å². The van der Waals surface area contributed by atoms with Crippen LogP contribution in [-0.2, 0) is 0 Å². The van der Waals surface area contributed by atoms with Crippen molar-refractivity contribution in [1.29, 1.82) is 0 Å². The van der Waals surface area contributed by atoms with E-state index in [-0.39, 0.29) is 5.29 Å². The number of nitrogens with zero attached hydrogens (tertiary/aromatic N) is 2. The lowest BCUT2D eigenvalue weighted by Crippen LogP contribution is -1.97. The number of amidine groups is 1. The first-order valence-corrected chi connectivity index (χ1v) is 6.89. The molecule has 3 heteroatoms. The van der Waals surface area contributed by atoms with E-state index in [9.17, 15) is 0 Å². The first kappa shape index (κ1) is 12.9. The minimum Gasteiger partial charge on any atom is -0.225 e. The van der Waals surface area contributed by atoms with Gasteiger partial charge in [0.05, 0.1) is 6.20 Å². The monoisotopic (exact) mass is 280 g/mol. The summed E-state index contributed by atoms with van der Waals surface area (Å²) in [6.45, 7) is 0. The zero-order valence-electron chi connectivity index (χ0n) is 10.9. The van der Waals surface area contributed by atoms with Crippen LogP contribution in [0.1, 0.15) is 18.4 Å². The predicted molar refractivity (Wildman–Crippen MR) is 85.1 cm³/mol. The molecule has 0 N–H and O–H groups in total. The zero-order valence-corrected chi connectivity index (χ0v) is 11.6. The molecule has 1 heterocycles. The number of benzene rings is 1. The Balaban J connectivity index is 1.86. The van der Waals surface area contributed by atoms with Gasteiger partial charge in [-0.05, 0) is 41.2 Å². The van der Waals surface area contributed by atoms with E-state index in [0.717, 1.165) is 18.4 Å². The van der Waals surface area contributed by atoms with E-state index in [1.54, 1.807) is 12.4 Å². The van der Waals surface area contributed by atoms with Crippen molar-refractivity contribution in [3.8, 4) is 0 Å². The summed E-state index contributed by atoms with van der Waals surface area (Å²) < 4.78 is 0. The maximum Gasteiger partial charge on any atom is 0.222 e. The average molecular weight is 281 g/mol. The zero-order chi connectivity index (χ0) is 13.8. The molecule has 3 rings (SSSR count). The van der Waals surface area contributed by atoms with Crippen molar-refractivity contribution in [2.75, 3.05) is 0 Å². The molecule has 0 spiro atoms. The summed E-state index contributed by atoms with van der Waals surface area (Å²) >= 11 is 5.76. The largest absolute Gasteiger partial charge is 0.225 e. The minimum absolute atomic E-state index is 0.240. The van der Waals surface area contributed by atoms with E-state index in [2.05, 4.69) is 52.1 Å². The van der Waals surface area contributed by atoms with Gasteiger partial charge in [0.1, 0.15) is 0 Å². The van der Waals surface area contributed by atoms with Crippen molar-refractivity contribution in [2.45, 2.75) is 12.8 Å². The van der Waals surface area contributed by atoms with Crippen molar-refractivity contribution in [1.82, 2.24) is 0 Å². The van der Waals surface area contributed by atoms with Gasteiger partial charge in [-0.2, -0.15) is 0 Å². The van der Waals surface area contributed by atoms with Crippen molar-refractivity contribution >= 4 is 28.7 Å². The lowest BCUT2D eigenvalue weighted by atomic mass is 9.90. The predicted octanol–water partition coefficient (Wildman–Crippen LogP) is 4.51. The lowest BCUT2D eigenvalue weighted by Gasteiger charge is -2.14. The molecule has 2 aliphatic rings. The lowest BCUT2D eigenvalue weighted by molar-refractivity contribution is 1.000. The van der Waals surface area contributed by atoms with Gasteiger partial charge >= 0.3 is 0 Å². The van der Waals surface area contributed by atoms with Crippen LogP contribution in [0.25, 0.3) is 5.57 Å². The summed E-state index contributed by atoms with van der Waals surface area (Å²) in [5.41, 5.74) is 7.92. The van der Waals surface area contributed by atoms with Crippen LogP contribution in [0.15, 0.2) is 75.5 Å². The summed E-state index contributed by atoms with van der Waals surface area (Å²) in [5.74, 6) is 0. The maximum absolute atomic E-state index is 5.76. The van der Waals surface area contributed by atoms with E-state index < -0.39 is 0 Å². The number of hydrogen-bond acceptors (Lipinski definition) is 2. The molecule has 0 atom stereocenters. The van der Waals surface area contributed by atoms with Crippen molar-refractivity contribution in [3.05, 3.63) is 71.1 Å². The second-order valence-corrected chi connectivity index (χ2v) is 4.93. The van der Waals surface area contributed by atoms with E-state index in [4.69, 9.17) is 11.6 Å². The highest BCUT2D eigenvalue weighted by molar-refractivity contribution is 6.65. The fraction of sp³-hybridized carbons (Fsp3) is 0.118. The van der Waals surface area contributed by atoms with Crippen LogP contribution >= 0.6 is 11.6 Å². The SMILES string of the molecule is ClC1=NC=C=C(C2=CC=C(c3ccccc3)CC2)C=N1. The van der Waals surface area contributed by atoms with Crippen molar-refractivity contribution in [2.24, 2.45) is 9.98 Å². The normalized spacial score (nSPS) is 17.9. The third-order valence-corrected chi connectivity index (χ3v) is 3.53. The minimum atomic E-state index is 0.240. The van der Waals surface area contributed by atoms with E-state index in [1.165, 1.54) is 16.7 Å². The third kappa shape index (κ3) is 2.88. The molecular formula is C17H13ClN2. The van der Waals surface area contributed by atoms with Gasteiger partial charge in [-0.1, -0.05) is 48.2 Å². The molecular weight excluding hydrogens is 268 g/mol. The van der Waals surface area contributed by atoms with Gasteiger partial charge in [0.2, 0.25) is 5.29 Å². The Kier molecular flexibility index (Phi) is 3.78. The van der Waals surface area contributed by atoms with Crippen LogP contribution in [0, 0.1) is 0 Å². The van der Waals surface area contributed by atoms with Gasteiger partial charge in [0.25, 0.3) is 0 Å². The molecule has 98 valence electrons. The second kappa shape index (κ2) is 5.87. The van der Waals surface area contributed by atoms with Crippen LogP contribution < -0.4 is 0 Å². The van der Waals surface area contributed by atoms with Gasteiger partial charge in [0.15, 0.2) is 0 Å². The quantitative estimate of drug-likeness (QED) is 0.562. The van der Waals surface area contributed by atoms with Gasteiger partial charge in [-0.3, -0.25) is 0 Å². The highest BCUT2D eigenvalue weighted by Crippen LogP contribution is 2.29.